The van der Waals surface area contributed by atoms with Crippen molar-refractivity contribution in [3.63, 3.8) is 0 Å². The van der Waals surface area contributed by atoms with Crippen LogP contribution in [0.15, 0.2) is 23.4 Å². The zero-order valence-electron chi connectivity index (χ0n) is 14.1. The van der Waals surface area contributed by atoms with Gasteiger partial charge in [-0.15, -0.1) is 0 Å². The molecule has 1 saturated heterocycles. The highest BCUT2D eigenvalue weighted by atomic mass is 16.7. The monoisotopic (exact) mass is 325 g/mol. The normalized spacial score (nSPS) is 27.3. The average Bonchev–Trinajstić information content (AvgIpc) is 3.37. The topological polar surface area (TPSA) is 48.6 Å². The van der Waals surface area contributed by atoms with Gasteiger partial charge in [-0.1, -0.05) is 30.1 Å². The number of hydrogen-bond acceptors (Lipinski definition) is 4. The van der Waals surface area contributed by atoms with Gasteiger partial charge in [-0.2, -0.15) is 5.10 Å². The fourth-order valence-electron chi connectivity index (χ4n) is 4.38. The maximum Gasteiger partial charge on any atom is 0.168 e. The van der Waals surface area contributed by atoms with Crippen molar-refractivity contribution in [3.05, 3.63) is 29.5 Å². The molecule has 1 aromatic carbocycles. The first-order valence-electron chi connectivity index (χ1n) is 9.06. The Morgan fingerprint density at radius 1 is 1.25 bits per heavy atom. The molecule has 1 unspecified atom stereocenters. The highest BCUT2D eigenvalue weighted by molar-refractivity contribution is 6.04. The van der Waals surface area contributed by atoms with E-state index in [1.165, 1.54) is 36.6 Å². The molecule has 5 heteroatoms. The van der Waals surface area contributed by atoms with Crippen molar-refractivity contribution in [3.8, 4) is 0 Å². The molecule has 1 aliphatic carbocycles. The van der Waals surface area contributed by atoms with Gasteiger partial charge < -0.3 is 9.57 Å². The van der Waals surface area contributed by atoms with Crippen LogP contribution >= 0.6 is 0 Å². The van der Waals surface area contributed by atoms with E-state index < -0.39 is 0 Å². The fourth-order valence-corrected chi connectivity index (χ4v) is 4.38. The first-order valence-corrected chi connectivity index (χ1v) is 9.06. The molecule has 5 rings (SSSR count). The number of aromatic nitrogens is 2. The van der Waals surface area contributed by atoms with Gasteiger partial charge in [0.1, 0.15) is 0 Å². The zero-order chi connectivity index (χ0) is 16.1. The van der Waals surface area contributed by atoms with Gasteiger partial charge in [-0.3, -0.25) is 4.68 Å². The van der Waals surface area contributed by atoms with E-state index in [0.29, 0.717) is 12.6 Å². The molecule has 2 fully saturated rings. The summed E-state index contributed by atoms with van der Waals surface area (Å²) in [6.07, 6.45) is 6.88. The number of aryl methyl sites for hydroxylation is 1. The second-order valence-electron chi connectivity index (χ2n) is 7.49. The van der Waals surface area contributed by atoms with Gasteiger partial charge in [0.05, 0.1) is 36.2 Å². The van der Waals surface area contributed by atoms with Crippen LogP contribution < -0.4 is 0 Å². The summed E-state index contributed by atoms with van der Waals surface area (Å²) in [5.41, 5.74) is 4.34. The molecule has 0 amide bonds. The average molecular weight is 325 g/mol. The van der Waals surface area contributed by atoms with Crippen LogP contribution in [0, 0.1) is 6.92 Å². The van der Waals surface area contributed by atoms with E-state index in [1.54, 1.807) is 0 Å². The van der Waals surface area contributed by atoms with Crippen LogP contribution in [-0.2, 0) is 9.57 Å². The van der Waals surface area contributed by atoms with Crippen LogP contribution in [0.25, 0.3) is 10.9 Å². The summed E-state index contributed by atoms with van der Waals surface area (Å²) in [6, 6.07) is 7.15. The molecule has 1 saturated carbocycles. The number of hydrogen-bond donors (Lipinski definition) is 0. The molecule has 1 atom stereocenters. The van der Waals surface area contributed by atoms with E-state index in [0.717, 1.165) is 36.4 Å². The van der Waals surface area contributed by atoms with Crippen LogP contribution in [0.1, 0.15) is 55.8 Å². The van der Waals surface area contributed by atoms with Gasteiger partial charge in [0.15, 0.2) is 5.60 Å². The highest BCUT2D eigenvalue weighted by Crippen LogP contribution is 2.36. The van der Waals surface area contributed by atoms with Crippen LogP contribution in [0.3, 0.4) is 0 Å². The molecule has 3 heterocycles. The van der Waals surface area contributed by atoms with Gasteiger partial charge in [0, 0.05) is 23.8 Å². The molecule has 1 aromatic heterocycles. The van der Waals surface area contributed by atoms with E-state index >= 15 is 0 Å². The Morgan fingerprint density at radius 2 is 2.12 bits per heavy atom. The lowest BCUT2D eigenvalue weighted by Crippen LogP contribution is -2.29. The predicted octanol–water partition coefficient (Wildman–Crippen LogP) is 3.74. The molecule has 0 bridgehead atoms. The first-order chi connectivity index (χ1) is 11.7. The Balaban J connectivity index is 1.52. The Kier molecular flexibility index (Phi) is 3.20. The molecular formula is C19H23N3O2. The number of nitrogens with zero attached hydrogens (tertiary/aromatic N) is 3. The fraction of sp³-hybridized carbons (Fsp3) is 0.579. The van der Waals surface area contributed by atoms with Crippen LogP contribution in [0.2, 0.25) is 0 Å². The lowest BCUT2D eigenvalue weighted by Gasteiger charge is -2.17. The van der Waals surface area contributed by atoms with E-state index in [2.05, 4.69) is 35.0 Å². The van der Waals surface area contributed by atoms with Gasteiger partial charge >= 0.3 is 0 Å². The van der Waals surface area contributed by atoms with E-state index in [9.17, 15) is 0 Å². The number of oxime groups is 1. The predicted molar refractivity (Wildman–Crippen MR) is 92.4 cm³/mol. The molecule has 2 aliphatic heterocycles. The summed E-state index contributed by atoms with van der Waals surface area (Å²) in [5, 5.41) is 10.5. The second kappa shape index (κ2) is 5.31. The Labute approximate surface area is 141 Å². The number of fused-ring (bicyclic) bond motifs is 1. The summed E-state index contributed by atoms with van der Waals surface area (Å²) in [7, 11) is 0. The SMILES string of the molecule is Cc1nn(C2CCCC2)c2cc(C3=NOC4(CCOC4)C3)ccc12. The number of ether oxygens (including phenoxy) is 1. The molecule has 0 radical (unpaired) electrons. The number of rotatable bonds is 2. The van der Waals surface area contributed by atoms with Crippen molar-refractivity contribution in [1.82, 2.24) is 9.78 Å². The van der Waals surface area contributed by atoms with Crippen molar-refractivity contribution in [1.29, 1.82) is 0 Å². The van der Waals surface area contributed by atoms with Crippen molar-refractivity contribution < 1.29 is 9.57 Å². The van der Waals surface area contributed by atoms with Crippen molar-refractivity contribution in [2.75, 3.05) is 13.2 Å². The first kappa shape index (κ1) is 14.5. The molecule has 5 nitrogen and oxygen atoms in total. The van der Waals surface area contributed by atoms with Crippen LogP contribution in [0.4, 0.5) is 0 Å². The Bertz CT molecular complexity index is 811. The van der Waals surface area contributed by atoms with Gasteiger partial charge in [0.2, 0.25) is 0 Å². The second-order valence-corrected chi connectivity index (χ2v) is 7.49. The third-order valence-electron chi connectivity index (χ3n) is 5.80. The summed E-state index contributed by atoms with van der Waals surface area (Å²) >= 11 is 0. The third kappa shape index (κ3) is 2.18. The molecular weight excluding hydrogens is 302 g/mol. The zero-order valence-corrected chi connectivity index (χ0v) is 14.1. The maximum atomic E-state index is 5.76. The Hall–Kier alpha value is -1.88. The quantitative estimate of drug-likeness (QED) is 0.845. The Morgan fingerprint density at radius 3 is 2.92 bits per heavy atom. The third-order valence-corrected chi connectivity index (χ3v) is 5.80. The molecule has 1 spiro atoms. The van der Waals surface area contributed by atoms with Gasteiger partial charge in [-0.25, -0.2) is 0 Å². The lowest BCUT2D eigenvalue weighted by atomic mass is 9.93. The van der Waals surface area contributed by atoms with Gasteiger partial charge in [-0.05, 0) is 25.8 Å². The largest absolute Gasteiger partial charge is 0.386 e. The molecule has 24 heavy (non-hydrogen) atoms. The number of benzene rings is 1. The maximum absolute atomic E-state index is 5.76. The summed E-state index contributed by atoms with van der Waals surface area (Å²) < 4.78 is 7.77. The van der Waals surface area contributed by atoms with Crippen LogP contribution in [-0.4, -0.2) is 34.3 Å². The molecule has 3 aliphatic rings. The minimum atomic E-state index is -0.216. The minimum absolute atomic E-state index is 0.216. The van der Waals surface area contributed by atoms with Crippen molar-refractivity contribution in [2.24, 2.45) is 5.16 Å². The minimum Gasteiger partial charge on any atom is -0.386 e. The standard InChI is InChI=1S/C19H23N3O2/c1-13-16-7-6-14(17-11-19(24-21-17)8-9-23-12-19)10-18(16)22(20-13)15-4-2-3-5-15/h6-7,10,15H,2-5,8-9,11-12H2,1H3. The van der Waals surface area contributed by atoms with E-state index in [-0.39, 0.29) is 5.60 Å². The van der Waals surface area contributed by atoms with Crippen molar-refractivity contribution >= 4 is 16.6 Å². The molecule has 2 aromatic rings. The summed E-state index contributed by atoms with van der Waals surface area (Å²) in [5.74, 6) is 0. The van der Waals surface area contributed by atoms with Gasteiger partial charge in [0.25, 0.3) is 0 Å². The molecule has 0 N–H and O–H groups in total. The van der Waals surface area contributed by atoms with E-state index in [4.69, 9.17) is 14.7 Å². The lowest BCUT2D eigenvalue weighted by molar-refractivity contribution is -0.0237. The van der Waals surface area contributed by atoms with Crippen LogP contribution in [0.5, 0.6) is 0 Å². The highest BCUT2D eigenvalue weighted by Gasteiger charge is 2.43. The molecule has 126 valence electrons. The summed E-state index contributed by atoms with van der Waals surface area (Å²) in [6.45, 7) is 3.53. The van der Waals surface area contributed by atoms with Crippen molar-refractivity contribution in [2.45, 2.75) is 57.1 Å². The van der Waals surface area contributed by atoms with E-state index in [1.807, 2.05) is 0 Å². The smallest absolute Gasteiger partial charge is 0.168 e. The summed E-state index contributed by atoms with van der Waals surface area (Å²) in [4.78, 5) is 5.76.